The van der Waals surface area contributed by atoms with Gasteiger partial charge in [-0.1, -0.05) is 30.3 Å². The van der Waals surface area contributed by atoms with Gasteiger partial charge in [0.2, 0.25) is 5.91 Å². The second-order valence-electron chi connectivity index (χ2n) is 5.63. The molecule has 2 unspecified atom stereocenters. The number of benzene rings is 2. The Morgan fingerprint density at radius 2 is 1.96 bits per heavy atom. The van der Waals surface area contributed by atoms with E-state index in [1.807, 2.05) is 54.6 Å². The van der Waals surface area contributed by atoms with Gasteiger partial charge in [-0.2, -0.15) is 0 Å². The zero-order valence-electron chi connectivity index (χ0n) is 12.7. The van der Waals surface area contributed by atoms with Crippen molar-refractivity contribution in [3.63, 3.8) is 0 Å². The van der Waals surface area contributed by atoms with Crippen LogP contribution >= 0.6 is 0 Å². The van der Waals surface area contributed by atoms with Crippen molar-refractivity contribution in [1.29, 1.82) is 0 Å². The molecular formula is C18H20N2O3. The molecule has 120 valence electrons. The Morgan fingerprint density at radius 1 is 1.17 bits per heavy atom. The zero-order chi connectivity index (χ0) is 16.1. The molecule has 1 saturated heterocycles. The van der Waals surface area contributed by atoms with Gasteiger partial charge < -0.3 is 20.5 Å². The standard InChI is InChI=1S/C18H20N2O3/c21-14-10-17(19-12-14)18(22)20-11-13-5-4-8-16(9-13)23-15-6-2-1-3-7-15/h1-9,14,17,19,21H,10-12H2,(H,20,22). The summed E-state index contributed by atoms with van der Waals surface area (Å²) in [4.78, 5) is 12.0. The summed E-state index contributed by atoms with van der Waals surface area (Å²) in [6, 6.07) is 16.9. The molecule has 0 aliphatic carbocycles. The van der Waals surface area contributed by atoms with E-state index in [1.165, 1.54) is 0 Å². The van der Waals surface area contributed by atoms with Crippen molar-refractivity contribution in [2.45, 2.75) is 25.1 Å². The number of carbonyl (C=O) groups excluding carboxylic acids is 1. The summed E-state index contributed by atoms with van der Waals surface area (Å²) < 4.78 is 5.78. The van der Waals surface area contributed by atoms with Gasteiger partial charge in [0.15, 0.2) is 0 Å². The van der Waals surface area contributed by atoms with Crippen LogP contribution in [0.25, 0.3) is 0 Å². The maximum atomic E-state index is 12.0. The summed E-state index contributed by atoms with van der Waals surface area (Å²) in [5, 5.41) is 15.3. The fourth-order valence-corrected chi connectivity index (χ4v) is 2.57. The van der Waals surface area contributed by atoms with Gasteiger partial charge >= 0.3 is 0 Å². The summed E-state index contributed by atoms with van der Waals surface area (Å²) in [6.45, 7) is 0.900. The molecule has 0 spiro atoms. The van der Waals surface area contributed by atoms with E-state index in [4.69, 9.17) is 4.74 Å². The smallest absolute Gasteiger partial charge is 0.237 e. The van der Waals surface area contributed by atoms with E-state index in [2.05, 4.69) is 10.6 Å². The zero-order valence-corrected chi connectivity index (χ0v) is 12.7. The van der Waals surface area contributed by atoms with E-state index < -0.39 is 6.10 Å². The van der Waals surface area contributed by atoms with Crippen molar-refractivity contribution < 1.29 is 14.6 Å². The van der Waals surface area contributed by atoms with Gasteiger partial charge in [-0.15, -0.1) is 0 Å². The second-order valence-corrected chi connectivity index (χ2v) is 5.63. The van der Waals surface area contributed by atoms with Crippen LogP contribution in [0.1, 0.15) is 12.0 Å². The molecule has 3 rings (SSSR count). The van der Waals surface area contributed by atoms with Crippen molar-refractivity contribution in [3.8, 4) is 11.5 Å². The quantitative estimate of drug-likeness (QED) is 0.787. The molecule has 1 heterocycles. The highest BCUT2D eigenvalue weighted by atomic mass is 16.5. The number of nitrogens with one attached hydrogen (secondary N) is 2. The van der Waals surface area contributed by atoms with E-state index in [-0.39, 0.29) is 11.9 Å². The number of rotatable bonds is 5. The lowest BCUT2D eigenvalue weighted by Crippen LogP contribution is -2.39. The van der Waals surface area contributed by atoms with Crippen LogP contribution in [-0.4, -0.2) is 29.7 Å². The fraction of sp³-hybridized carbons (Fsp3) is 0.278. The Balaban J connectivity index is 1.56. The highest BCUT2D eigenvalue weighted by Gasteiger charge is 2.27. The average molecular weight is 312 g/mol. The van der Waals surface area contributed by atoms with E-state index in [0.717, 1.165) is 17.1 Å². The van der Waals surface area contributed by atoms with Gasteiger partial charge in [-0.05, 0) is 36.2 Å². The van der Waals surface area contributed by atoms with Crippen molar-refractivity contribution in [2.75, 3.05) is 6.54 Å². The van der Waals surface area contributed by atoms with Crippen LogP contribution in [0, 0.1) is 0 Å². The number of para-hydroxylation sites is 1. The Labute approximate surface area is 135 Å². The topological polar surface area (TPSA) is 70.6 Å². The van der Waals surface area contributed by atoms with Gasteiger partial charge in [0, 0.05) is 13.1 Å². The highest BCUT2D eigenvalue weighted by Crippen LogP contribution is 2.21. The summed E-state index contributed by atoms with van der Waals surface area (Å²) in [6.07, 6.45) is 0.0246. The van der Waals surface area contributed by atoms with Crippen molar-refractivity contribution in [2.24, 2.45) is 0 Å². The predicted octanol–water partition coefficient (Wildman–Crippen LogP) is 1.82. The SMILES string of the molecule is O=C(NCc1cccc(Oc2ccccc2)c1)C1CC(O)CN1. The number of hydrogen-bond donors (Lipinski definition) is 3. The molecule has 0 aromatic heterocycles. The average Bonchev–Trinajstić information content (AvgIpc) is 3.01. The molecule has 0 bridgehead atoms. The van der Waals surface area contributed by atoms with Gasteiger partial charge in [0.05, 0.1) is 12.1 Å². The Morgan fingerprint density at radius 3 is 2.70 bits per heavy atom. The number of ether oxygens (including phenoxy) is 1. The molecule has 5 heteroatoms. The Kier molecular flexibility index (Phi) is 4.90. The molecule has 1 aliphatic heterocycles. The molecule has 1 amide bonds. The van der Waals surface area contributed by atoms with E-state index in [0.29, 0.717) is 19.5 Å². The van der Waals surface area contributed by atoms with Gasteiger partial charge in [0.1, 0.15) is 11.5 Å². The summed E-state index contributed by atoms with van der Waals surface area (Å²) >= 11 is 0. The van der Waals surface area contributed by atoms with Crippen LogP contribution in [0.15, 0.2) is 54.6 Å². The minimum Gasteiger partial charge on any atom is -0.457 e. The van der Waals surface area contributed by atoms with Crippen LogP contribution in [0.3, 0.4) is 0 Å². The van der Waals surface area contributed by atoms with Crippen LogP contribution in [0.5, 0.6) is 11.5 Å². The number of carbonyl (C=O) groups is 1. The summed E-state index contributed by atoms with van der Waals surface area (Å²) in [5.41, 5.74) is 0.963. The molecule has 5 nitrogen and oxygen atoms in total. The lowest BCUT2D eigenvalue weighted by atomic mass is 10.1. The normalized spacial score (nSPS) is 20.2. The van der Waals surface area contributed by atoms with Crippen LogP contribution < -0.4 is 15.4 Å². The van der Waals surface area contributed by atoms with Crippen LogP contribution in [0.2, 0.25) is 0 Å². The molecule has 3 N–H and O–H groups in total. The lowest BCUT2D eigenvalue weighted by molar-refractivity contribution is -0.123. The van der Waals surface area contributed by atoms with E-state index in [9.17, 15) is 9.90 Å². The fourth-order valence-electron chi connectivity index (χ4n) is 2.57. The first-order valence-electron chi connectivity index (χ1n) is 7.72. The summed E-state index contributed by atoms with van der Waals surface area (Å²) in [5.74, 6) is 1.42. The summed E-state index contributed by atoms with van der Waals surface area (Å²) in [7, 11) is 0. The first kappa shape index (κ1) is 15.5. The number of β-amino-alcohol motifs (C(OH)–C–C–N with tert-alkyl or cyclic N) is 1. The van der Waals surface area contributed by atoms with Crippen LogP contribution in [0.4, 0.5) is 0 Å². The molecule has 2 atom stereocenters. The minimum absolute atomic E-state index is 0.0871. The number of aliphatic hydroxyl groups excluding tert-OH is 1. The molecule has 1 aliphatic rings. The second kappa shape index (κ2) is 7.26. The molecule has 0 radical (unpaired) electrons. The minimum atomic E-state index is -0.437. The third-order valence-electron chi connectivity index (χ3n) is 3.77. The first-order valence-corrected chi connectivity index (χ1v) is 7.72. The van der Waals surface area contributed by atoms with E-state index >= 15 is 0 Å². The number of amides is 1. The molecule has 1 fully saturated rings. The Hall–Kier alpha value is -2.37. The molecule has 23 heavy (non-hydrogen) atoms. The third-order valence-corrected chi connectivity index (χ3v) is 3.77. The third kappa shape index (κ3) is 4.31. The van der Waals surface area contributed by atoms with Crippen molar-refractivity contribution in [1.82, 2.24) is 10.6 Å². The molecule has 2 aromatic carbocycles. The first-order chi connectivity index (χ1) is 11.2. The Bertz CT molecular complexity index is 660. The van der Waals surface area contributed by atoms with E-state index in [1.54, 1.807) is 0 Å². The highest BCUT2D eigenvalue weighted by molar-refractivity contribution is 5.82. The maximum Gasteiger partial charge on any atom is 0.237 e. The molecular weight excluding hydrogens is 292 g/mol. The monoisotopic (exact) mass is 312 g/mol. The van der Waals surface area contributed by atoms with Gasteiger partial charge in [-0.25, -0.2) is 0 Å². The molecule has 2 aromatic rings. The maximum absolute atomic E-state index is 12.0. The van der Waals surface area contributed by atoms with Gasteiger partial charge in [-0.3, -0.25) is 4.79 Å². The predicted molar refractivity (Wildman–Crippen MR) is 87.2 cm³/mol. The van der Waals surface area contributed by atoms with Gasteiger partial charge in [0.25, 0.3) is 0 Å². The van der Waals surface area contributed by atoms with Crippen LogP contribution in [-0.2, 0) is 11.3 Å². The van der Waals surface area contributed by atoms with Crippen molar-refractivity contribution >= 4 is 5.91 Å². The number of aliphatic hydroxyl groups is 1. The number of hydrogen-bond acceptors (Lipinski definition) is 4. The largest absolute Gasteiger partial charge is 0.457 e. The lowest BCUT2D eigenvalue weighted by Gasteiger charge is -2.12. The van der Waals surface area contributed by atoms with Crippen molar-refractivity contribution in [3.05, 3.63) is 60.2 Å². The molecule has 0 saturated carbocycles.